The maximum Gasteiger partial charge on any atom is 0.315 e. The minimum atomic E-state index is -0.822. The van der Waals surface area contributed by atoms with E-state index < -0.39 is 11.9 Å². The number of rotatable bonds is 3. The smallest absolute Gasteiger partial charge is 0.315 e. The summed E-state index contributed by atoms with van der Waals surface area (Å²) >= 11 is 4.42. The second-order valence-electron chi connectivity index (χ2n) is 3.87. The van der Waals surface area contributed by atoms with Crippen molar-refractivity contribution in [2.45, 2.75) is 5.92 Å². The van der Waals surface area contributed by atoms with Crippen LogP contribution in [0.25, 0.3) is 0 Å². The van der Waals surface area contributed by atoms with Gasteiger partial charge in [0.25, 0.3) is 0 Å². The van der Waals surface area contributed by atoms with Crippen LogP contribution in [-0.2, 0) is 4.79 Å². The summed E-state index contributed by atoms with van der Waals surface area (Å²) < 4.78 is 2.20. The normalized spacial score (nSPS) is 10.6. The van der Waals surface area contributed by atoms with Crippen molar-refractivity contribution in [2.75, 3.05) is 0 Å². The summed E-state index contributed by atoms with van der Waals surface area (Å²) in [6.07, 6.45) is 0. The molecule has 0 aliphatic carbocycles. The summed E-state index contributed by atoms with van der Waals surface area (Å²) in [5.74, 6) is -1.42. The van der Waals surface area contributed by atoms with Crippen molar-refractivity contribution in [3.8, 4) is 0 Å². The Morgan fingerprint density at radius 2 is 1.17 bits per heavy atom. The molecule has 0 saturated carbocycles. The summed E-state index contributed by atoms with van der Waals surface area (Å²) in [5, 5.41) is 9.41. The first-order chi connectivity index (χ1) is 8.58. The van der Waals surface area contributed by atoms with Crippen molar-refractivity contribution in [1.29, 1.82) is 0 Å². The number of aliphatic carboxylic acids is 1. The first kappa shape index (κ1) is 13.8. The minimum absolute atomic E-state index is 0.598. The topological polar surface area (TPSA) is 37.3 Å². The highest BCUT2D eigenvalue weighted by atomic mass is 127. The average Bonchev–Trinajstić information content (AvgIpc) is 2.34. The van der Waals surface area contributed by atoms with E-state index in [1.807, 2.05) is 48.5 Å². The lowest BCUT2D eigenvalue weighted by atomic mass is 9.91. The van der Waals surface area contributed by atoms with E-state index in [2.05, 4.69) is 45.2 Å². The van der Waals surface area contributed by atoms with Crippen molar-refractivity contribution < 1.29 is 9.90 Å². The van der Waals surface area contributed by atoms with Gasteiger partial charge in [0, 0.05) is 7.14 Å². The molecule has 0 amide bonds. The predicted octanol–water partition coefficient (Wildman–Crippen LogP) is 4.11. The van der Waals surface area contributed by atoms with Crippen LogP contribution < -0.4 is 0 Å². The fraction of sp³-hybridized carbons (Fsp3) is 0.0714. The SMILES string of the molecule is O=C(O)C(c1ccc(I)cc1)c1ccc(I)cc1. The van der Waals surface area contributed by atoms with Gasteiger partial charge in [-0.05, 0) is 80.6 Å². The first-order valence-electron chi connectivity index (χ1n) is 5.31. The lowest BCUT2D eigenvalue weighted by molar-refractivity contribution is -0.137. The second kappa shape index (κ2) is 6.01. The van der Waals surface area contributed by atoms with Gasteiger partial charge in [-0.25, -0.2) is 0 Å². The highest BCUT2D eigenvalue weighted by Gasteiger charge is 2.21. The molecule has 2 aromatic rings. The fourth-order valence-corrected chi connectivity index (χ4v) is 2.51. The Kier molecular flexibility index (Phi) is 4.60. The van der Waals surface area contributed by atoms with E-state index in [0.29, 0.717) is 0 Å². The molecule has 0 unspecified atom stereocenters. The highest BCUT2D eigenvalue weighted by molar-refractivity contribution is 14.1. The molecular formula is C14H10I2O2. The number of halogens is 2. The molecule has 0 atom stereocenters. The third-order valence-corrected chi connectivity index (χ3v) is 4.09. The molecular weight excluding hydrogens is 454 g/mol. The molecule has 1 N–H and O–H groups in total. The lowest BCUT2D eigenvalue weighted by Crippen LogP contribution is -2.13. The van der Waals surface area contributed by atoms with Crippen molar-refractivity contribution in [3.05, 3.63) is 66.8 Å². The molecule has 0 fully saturated rings. The molecule has 0 saturated heterocycles. The molecule has 0 aliphatic rings. The molecule has 0 spiro atoms. The quantitative estimate of drug-likeness (QED) is 0.695. The Labute approximate surface area is 133 Å². The van der Waals surface area contributed by atoms with Crippen molar-refractivity contribution >= 4 is 51.2 Å². The number of carboxylic acids is 1. The Balaban J connectivity index is 2.43. The van der Waals surface area contributed by atoms with Crippen LogP contribution >= 0.6 is 45.2 Å². The molecule has 0 aromatic heterocycles. The van der Waals surface area contributed by atoms with E-state index in [-0.39, 0.29) is 0 Å². The summed E-state index contributed by atoms with van der Waals surface area (Å²) in [5.41, 5.74) is 1.62. The van der Waals surface area contributed by atoms with Crippen molar-refractivity contribution in [3.63, 3.8) is 0 Å². The molecule has 0 radical (unpaired) electrons. The minimum Gasteiger partial charge on any atom is -0.481 e. The van der Waals surface area contributed by atoms with Crippen LogP contribution in [-0.4, -0.2) is 11.1 Å². The maximum absolute atomic E-state index is 11.5. The van der Waals surface area contributed by atoms with Gasteiger partial charge in [0.1, 0.15) is 5.92 Å². The van der Waals surface area contributed by atoms with E-state index in [1.54, 1.807) is 0 Å². The number of hydrogen-bond acceptors (Lipinski definition) is 1. The van der Waals surface area contributed by atoms with Crippen molar-refractivity contribution in [2.24, 2.45) is 0 Å². The largest absolute Gasteiger partial charge is 0.481 e. The third kappa shape index (κ3) is 3.23. The van der Waals surface area contributed by atoms with Crippen LogP contribution in [0.15, 0.2) is 48.5 Å². The molecule has 4 heteroatoms. The Morgan fingerprint density at radius 1 is 0.833 bits per heavy atom. The zero-order chi connectivity index (χ0) is 13.1. The zero-order valence-corrected chi connectivity index (χ0v) is 13.6. The van der Waals surface area contributed by atoms with Crippen LogP contribution in [0.2, 0.25) is 0 Å². The van der Waals surface area contributed by atoms with Gasteiger partial charge in [-0.2, -0.15) is 0 Å². The summed E-state index contributed by atoms with van der Waals surface area (Å²) in [4.78, 5) is 11.5. The highest BCUT2D eigenvalue weighted by Crippen LogP contribution is 2.26. The van der Waals surface area contributed by atoms with Gasteiger partial charge in [-0.15, -0.1) is 0 Å². The molecule has 0 heterocycles. The van der Waals surface area contributed by atoms with Crippen LogP contribution in [0.5, 0.6) is 0 Å². The number of carboxylic acid groups (broad SMARTS) is 1. The summed E-state index contributed by atoms with van der Waals surface area (Å²) in [6.45, 7) is 0. The van der Waals surface area contributed by atoms with E-state index in [1.165, 1.54) is 0 Å². The van der Waals surface area contributed by atoms with Crippen LogP contribution in [0, 0.1) is 7.14 Å². The summed E-state index contributed by atoms with van der Waals surface area (Å²) in [7, 11) is 0. The first-order valence-corrected chi connectivity index (χ1v) is 7.47. The van der Waals surface area contributed by atoms with Gasteiger partial charge in [0.2, 0.25) is 0 Å². The van der Waals surface area contributed by atoms with Gasteiger partial charge in [0.15, 0.2) is 0 Å². The van der Waals surface area contributed by atoms with Crippen LogP contribution in [0.3, 0.4) is 0 Å². The van der Waals surface area contributed by atoms with Crippen LogP contribution in [0.4, 0.5) is 0 Å². The van der Waals surface area contributed by atoms with E-state index in [0.717, 1.165) is 18.3 Å². The fourth-order valence-electron chi connectivity index (χ4n) is 1.79. The predicted molar refractivity (Wildman–Crippen MR) is 87.8 cm³/mol. The van der Waals surface area contributed by atoms with E-state index in [4.69, 9.17) is 0 Å². The molecule has 2 aromatic carbocycles. The van der Waals surface area contributed by atoms with E-state index >= 15 is 0 Å². The Bertz CT molecular complexity index is 502. The zero-order valence-electron chi connectivity index (χ0n) is 9.31. The van der Waals surface area contributed by atoms with Gasteiger partial charge < -0.3 is 5.11 Å². The van der Waals surface area contributed by atoms with E-state index in [9.17, 15) is 9.90 Å². The second-order valence-corrected chi connectivity index (χ2v) is 6.37. The Hall–Kier alpha value is -0.630. The van der Waals surface area contributed by atoms with Crippen molar-refractivity contribution in [1.82, 2.24) is 0 Å². The Morgan fingerprint density at radius 3 is 1.44 bits per heavy atom. The third-order valence-electron chi connectivity index (χ3n) is 2.65. The monoisotopic (exact) mass is 464 g/mol. The number of carbonyl (C=O) groups is 1. The van der Waals surface area contributed by atoms with Gasteiger partial charge >= 0.3 is 5.97 Å². The number of hydrogen-bond donors (Lipinski definition) is 1. The van der Waals surface area contributed by atoms with Gasteiger partial charge in [0.05, 0.1) is 0 Å². The molecule has 18 heavy (non-hydrogen) atoms. The number of benzene rings is 2. The summed E-state index contributed by atoms with van der Waals surface area (Å²) in [6, 6.07) is 15.2. The molecule has 0 aliphatic heterocycles. The molecule has 2 nitrogen and oxygen atoms in total. The molecule has 92 valence electrons. The van der Waals surface area contributed by atoms with Gasteiger partial charge in [-0.3, -0.25) is 4.79 Å². The average molecular weight is 464 g/mol. The molecule has 2 rings (SSSR count). The van der Waals surface area contributed by atoms with Gasteiger partial charge in [-0.1, -0.05) is 24.3 Å². The van der Waals surface area contributed by atoms with Crippen LogP contribution in [0.1, 0.15) is 17.0 Å². The molecule has 0 bridgehead atoms. The maximum atomic E-state index is 11.5. The lowest BCUT2D eigenvalue weighted by Gasteiger charge is -2.13. The standard InChI is InChI=1S/C14H10I2O2/c15-11-5-1-9(2-6-11)13(14(17)18)10-3-7-12(16)8-4-10/h1-8,13H,(H,17,18).